The molecule has 4 rings (SSSR count). The third-order valence-electron chi connectivity index (χ3n) is 5.27. The van der Waals surface area contributed by atoms with Crippen molar-refractivity contribution in [2.24, 2.45) is 10.3 Å². The number of aromatic hydroxyl groups is 1. The molecule has 0 aliphatic carbocycles. The first-order chi connectivity index (χ1) is 17.8. The van der Waals surface area contributed by atoms with Crippen LogP contribution in [-0.2, 0) is 23.7 Å². The van der Waals surface area contributed by atoms with Crippen LogP contribution in [0.25, 0.3) is 0 Å². The molecule has 2 aromatic heterocycles. The summed E-state index contributed by atoms with van der Waals surface area (Å²) in [4.78, 5) is 20.2. The Morgan fingerprint density at radius 2 is 2.05 bits per heavy atom. The maximum absolute atomic E-state index is 14.5. The molecule has 190 valence electrons. The van der Waals surface area contributed by atoms with Crippen molar-refractivity contribution in [2.75, 3.05) is 16.9 Å². The van der Waals surface area contributed by atoms with Gasteiger partial charge in [0, 0.05) is 18.8 Å². The van der Waals surface area contributed by atoms with Crippen LogP contribution in [0.3, 0.4) is 0 Å². The summed E-state index contributed by atoms with van der Waals surface area (Å²) in [6, 6.07) is 14.1. The van der Waals surface area contributed by atoms with Crippen molar-refractivity contribution in [3.05, 3.63) is 77.2 Å². The molecule has 1 unspecified atom stereocenters. The lowest BCUT2D eigenvalue weighted by Crippen LogP contribution is -2.34. The molecule has 1 aliphatic rings. The van der Waals surface area contributed by atoms with Gasteiger partial charge in [-0.1, -0.05) is 35.0 Å². The minimum Gasteiger partial charge on any atom is -0.505 e. The first-order valence-electron chi connectivity index (χ1n) is 10.9. The van der Waals surface area contributed by atoms with E-state index in [-0.39, 0.29) is 30.0 Å². The van der Waals surface area contributed by atoms with Crippen molar-refractivity contribution in [3.63, 3.8) is 0 Å². The Hall–Kier alpha value is -4.57. The standard InChI is InChI=1S/C23H20ClF2N9O2/c24-22-32-33-34-35(22)16-6-4-14(5-7-16)12-29-20(36)10-17-21(37)15(11-27)9-19(31-17)30-13-23(25,26)18-3-1-2-8-28-18/h1-9,22,37H,10,12-13H2,(H,29,36)(H,30,31)(H,32,34). The zero-order valence-corrected chi connectivity index (χ0v) is 19.8. The molecular formula is C23H20ClF2N9O2. The van der Waals surface area contributed by atoms with Gasteiger partial charge in [-0.2, -0.15) is 19.6 Å². The van der Waals surface area contributed by atoms with Gasteiger partial charge >= 0.3 is 5.92 Å². The summed E-state index contributed by atoms with van der Waals surface area (Å²) in [5.74, 6) is -4.39. The first-order valence-corrected chi connectivity index (χ1v) is 11.3. The molecule has 0 spiro atoms. The Morgan fingerprint density at radius 1 is 1.27 bits per heavy atom. The van der Waals surface area contributed by atoms with E-state index in [9.17, 15) is 23.9 Å². The third-order valence-corrected chi connectivity index (χ3v) is 5.55. The van der Waals surface area contributed by atoms with E-state index in [2.05, 4.69) is 36.5 Å². The lowest BCUT2D eigenvalue weighted by molar-refractivity contribution is -0.120. The van der Waals surface area contributed by atoms with Crippen molar-refractivity contribution < 1.29 is 18.7 Å². The average molecular weight is 528 g/mol. The highest BCUT2D eigenvalue weighted by molar-refractivity contribution is 6.21. The summed E-state index contributed by atoms with van der Waals surface area (Å²) in [7, 11) is 0. The molecule has 4 N–H and O–H groups in total. The predicted molar refractivity (Wildman–Crippen MR) is 129 cm³/mol. The molecule has 3 heterocycles. The molecular weight excluding hydrogens is 508 g/mol. The lowest BCUT2D eigenvalue weighted by Gasteiger charge is -2.18. The SMILES string of the molecule is N#Cc1cc(NCC(F)(F)c2ccccn2)nc(CC(=O)NCc2ccc(N3NN=NC3Cl)cc2)c1O. The fourth-order valence-electron chi connectivity index (χ4n) is 3.35. The van der Waals surface area contributed by atoms with Crippen LogP contribution in [0.1, 0.15) is 22.5 Å². The second-order valence-corrected chi connectivity index (χ2v) is 8.24. The van der Waals surface area contributed by atoms with Crippen molar-refractivity contribution in [1.29, 1.82) is 5.26 Å². The number of hydrazine groups is 1. The molecule has 3 aromatic rings. The largest absolute Gasteiger partial charge is 0.505 e. The van der Waals surface area contributed by atoms with Gasteiger partial charge < -0.3 is 15.7 Å². The number of carbonyl (C=O) groups excluding carboxylic acids is 1. The minimum absolute atomic E-state index is 0.0880. The van der Waals surface area contributed by atoms with Gasteiger partial charge in [0.2, 0.25) is 11.5 Å². The summed E-state index contributed by atoms with van der Waals surface area (Å²) in [5.41, 5.74) is 2.71. The quantitative estimate of drug-likeness (QED) is 0.244. The summed E-state index contributed by atoms with van der Waals surface area (Å²) in [6.45, 7) is -0.681. The van der Waals surface area contributed by atoms with Crippen LogP contribution < -0.4 is 21.2 Å². The van der Waals surface area contributed by atoms with Crippen LogP contribution in [0, 0.1) is 11.3 Å². The second-order valence-electron chi connectivity index (χ2n) is 7.85. The third kappa shape index (κ3) is 6.17. The predicted octanol–water partition coefficient (Wildman–Crippen LogP) is 3.33. The molecule has 0 radical (unpaired) electrons. The normalized spacial score (nSPS) is 14.6. The van der Waals surface area contributed by atoms with Gasteiger partial charge in [0.1, 0.15) is 17.6 Å². The topological polar surface area (TPSA) is 151 Å². The fraction of sp³-hybridized carbons (Fsp3) is 0.217. The highest BCUT2D eigenvalue weighted by Crippen LogP contribution is 2.28. The number of aromatic nitrogens is 2. The van der Waals surface area contributed by atoms with Crippen LogP contribution in [0.15, 0.2) is 65.1 Å². The van der Waals surface area contributed by atoms with Gasteiger partial charge in [-0.25, -0.2) is 9.99 Å². The van der Waals surface area contributed by atoms with Gasteiger partial charge in [-0.15, -0.1) is 5.11 Å². The minimum atomic E-state index is -3.32. The average Bonchev–Trinajstić information content (AvgIpc) is 3.34. The molecule has 0 saturated carbocycles. The first kappa shape index (κ1) is 25.5. The van der Waals surface area contributed by atoms with Crippen molar-refractivity contribution in [2.45, 2.75) is 24.5 Å². The van der Waals surface area contributed by atoms with E-state index in [0.29, 0.717) is 0 Å². The summed E-state index contributed by atoms with van der Waals surface area (Å²) >= 11 is 6.00. The molecule has 1 aliphatic heterocycles. The zero-order valence-electron chi connectivity index (χ0n) is 19.1. The van der Waals surface area contributed by atoms with Crippen LogP contribution in [0.2, 0.25) is 0 Å². The Kier molecular flexibility index (Phi) is 7.59. The number of hydrogen-bond acceptors (Lipinski definition) is 10. The summed E-state index contributed by atoms with van der Waals surface area (Å²) in [5, 5.41) is 33.7. The number of alkyl halides is 3. The fourth-order valence-corrected chi connectivity index (χ4v) is 3.55. The second kappa shape index (κ2) is 11.0. The zero-order chi connectivity index (χ0) is 26.4. The number of nitriles is 1. The molecule has 1 amide bonds. The van der Waals surface area contributed by atoms with E-state index >= 15 is 0 Å². The highest BCUT2D eigenvalue weighted by atomic mass is 35.5. The van der Waals surface area contributed by atoms with E-state index in [1.54, 1.807) is 35.3 Å². The van der Waals surface area contributed by atoms with Gasteiger partial charge in [-0.05, 0) is 29.8 Å². The van der Waals surface area contributed by atoms with Gasteiger partial charge in [-0.3, -0.25) is 9.78 Å². The molecule has 14 heteroatoms. The Balaban J connectivity index is 1.38. The van der Waals surface area contributed by atoms with Gasteiger partial charge in [0.25, 0.3) is 0 Å². The van der Waals surface area contributed by atoms with Gasteiger partial charge in [0.15, 0.2) is 5.75 Å². The van der Waals surface area contributed by atoms with E-state index in [1.165, 1.54) is 24.4 Å². The number of halogens is 3. The van der Waals surface area contributed by atoms with Crippen LogP contribution in [0.4, 0.5) is 20.3 Å². The van der Waals surface area contributed by atoms with Crippen LogP contribution >= 0.6 is 11.6 Å². The number of amides is 1. The maximum Gasteiger partial charge on any atom is 0.306 e. The lowest BCUT2D eigenvalue weighted by atomic mass is 10.1. The number of nitrogens with zero attached hydrogens (tertiary/aromatic N) is 6. The highest BCUT2D eigenvalue weighted by Gasteiger charge is 2.33. The Bertz CT molecular complexity index is 1330. The number of rotatable bonds is 9. The van der Waals surface area contributed by atoms with Crippen molar-refractivity contribution >= 4 is 29.0 Å². The van der Waals surface area contributed by atoms with Crippen molar-refractivity contribution in [1.82, 2.24) is 20.8 Å². The Labute approximate surface area is 214 Å². The smallest absolute Gasteiger partial charge is 0.306 e. The monoisotopic (exact) mass is 527 g/mol. The van der Waals surface area contributed by atoms with Crippen molar-refractivity contribution in [3.8, 4) is 11.8 Å². The van der Waals surface area contributed by atoms with Gasteiger partial charge in [0.05, 0.1) is 29.9 Å². The van der Waals surface area contributed by atoms with Crippen LogP contribution in [0.5, 0.6) is 5.75 Å². The molecule has 0 fully saturated rings. The van der Waals surface area contributed by atoms with E-state index in [4.69, 9.17) is 11.6 Å². The molecule has 37 heavy (non-hydrogen) atoms. The van der Waals surface area contributed by atoms with E-state index in [1.807, 2.05) is 0 Å². The van der Waals surface area contributed by atoms with Crippen LogP contribution in [-0.4, -0.2) is 33.2 Å². The molecule has 11 nitrogen and oxygen atoms in total. The molecule has 1 atom stereocenters. The maximum atomic E-state index is 14.5. The summed E-state index contributed by atoms with van der Waals surface area (Å²) in [6.07, 6.45) is 0.882. The number of hydrogen-bond donors (Lipinski definition) is 4. The summed E-state index contributed by atoms with van der Waals surface area (Å²) < 4.78 is 28.9. The molecule has 0 saturated heterocycles. The number of anilines is 2. The number of benzene rings is 1. The number of pyridine rings is 2. The molecule has 1 aromatic carbocycles. The molecule has 0 bridgehead atoms. The van der Waals surface area contributed by atoms with E-state index < -0.39 is 35.4 Å². The number of nitrogens with one attached hydrogen (secondary N) is 3. The number of carbonyl (C=O) groups is 1. The Morgan fingerprint density at radius 3 is 2.70 bits per heavy atom. The van der Waals surface area contributed by atoms with E-state index in [0.717, 1.165) is 17.3 Å².